The van der Waals surface area contributed by atoms with E-state index in [0.717, 1.165) is 11.5 Å². The third-order valence-corrected chi connectivity index (χ3v) is 3.48. The summed E-state index contributed by atoms with van der Waals surface area (Å²) in [6, 6.07) is 8.43. The quantitative estimate of drug-likeness (QED) is 0.594. The number of nitrogens with one attached hydrogen (secondary N) is 1. The number of aryl methyl sites for hydroxylation is 1. The van der Waals surface area contributed by atoms with Crippen LogP contribution in [0.5, 0.6) is 0 Å². The Morgan fingerprint density at radius 2 is 1.76 bits per heavy atom. The molecule has 1 aromatic rings. The Hall–Kier alpha value is -1.96. The van der Waals surface area contributed by atoms with Gasteiger partial charge in [0.1, 0.15) is 6.61 Å². The van der Waals surface area contributed by atoms with E-state index in [2.05, 4.69) is 62.5 Å². The fraction of sp³-hybridized carbons (Fsp3) is 0.368. The lowest BCUT2D eigenvalue weighted by Gasteiger charge is -2.12. The number of likely N-dealkylation sites (N-methyl/N-ethyl adjacent to an activating group) is 1. The molecular formula is C19H27NO. The van der Waals surface area contributed by atoms with Crippen LogP contribution < -0.4 is 5.32 Å². The summed E-state index contributed by atoms with van der Waals surface area (Å²) in [6.45, 7) is 10.9. The summed E-state index contributed by atoms with van der Waals surface area (Å²) in [5.74, 6) is 0.921. The van der Waals surface area contributed by atoms with E-state index in [4.69, 9.17) is 4.74 Å². The molecule has 1 rings (SSSR count). The lowest BCUT2D eigenvalue weighted by Crippen LogP contribution is -2.09. The minimum Gasteiger partial charge on any atom is -0.494 e. The summed E-state index contributed by atoms with van der Waals surface area (Å²) in [5.41, 5.74) is 6.02. The standard InChI is InChI=1S/C19H27NO/c1-7-15(3)19(20-6)16(4)12-17(5)21-13-18-10-8-14(2)9-11-18/h7-12,20H,13H2,1-6H3/b15-7-,17-12+,19-16+. The summed E-state index contributed by atoms with van der Waals surface area (Å²) in [7, 11) is 1.95. The molecule has 0 saturated carbocycles. The van der Waals surface area contributed by atoms with Crippen LogP contribution in [0.15, 0.2) is 59.0 Å². The van der Waals surface area contributed by atoms with Crippen molar-refractivity contribution < 1.29 is 4.74 Å². The first kappa shape index (κ1) is 17.1. The minimum atomic E-state index is 0.605. The van der Waals surface area contributed by atoms with Gasteiger partial charge in [-0.1, -0.05) is 35.9 Å². The van der Waals surface area contributed by atoms with Crippen molar-refractivity contribution in [1.82, 2.24) is 5.32 Å². The van der Waals surface area contributed by atoms with Gasteiger partial charge in [0.2, 0.25) is 0 Å². The van der Waals surface area contributed by atoms with Gasteiger partial charge in [-0.05, 0) is 57.4 Å². The van der Waals surface area contributed by atoms with Gasteiger partial charge in [-0.25, -0.2) is 0 Å². The smallest absolute Gasteiger partial charge is 0.113 e. The molecule has 0 aliphatic carbocycles. The highest BCUT2D eigenvalue weighted by Gasteiger charge is 2.02. The molecule has 0 atom stereocenters. The molecule has 0 spiro atoms. The van der Waals surface area contributed by atoms with Gasteiger partial charge >= 0.3 is 0 Å². The fourth-order valence-corrected chi connectivity index (χ4v) is 2.15. The van der Waals surface area contributed by atoms with Gasteiger partial charge < -0.3 is 10.1 Å². The lowest BCUT2D eigenvalue weighted by atomic mass is 10.1. The summed E-state index contributed by atoms with van der Waals surface area (Å²) in [5, 5.41) is 3.25. The molecule has 0 amide bonds. The van der Waals surface area contributed by atoms with Gasteiger partial charge in [0.25, 0.3) is 0 Å². The van der Waals surface area contributed by atoms with Crippen LogP contribution >= 0.6 is 0 Å². The Morgan fingerprint density at radius 3 is 2.29 bits per heavy atom. The maximum absolute atomic E-state index is 5.83. The second kappa shape index (κ2) is 8.35. The normalized spacial score (nSPS) is 13.8. The van der Waals surface area contributed by atoms with E-state index in [1.54, 1.807) is 0 Å². The van der Waals surface area contributed by atoms with Gasteiger partial charge in [0.05, 0.1) is 5.76 Å². The maximum atomic E-state index is 5.83. The number of hydrogen-bond acceptors (Lipinski definition) is 2. The lowest BCUT2D eigenvalue weighted by molar-refractivity contribution is 0.200. The highest BCUT2D eigenvalue weighted by Crippen LogP contribution is 2.15. The van der Waals surface area contributed by atoms with E-state index in [9.17, 15) is 0 Å². The van der Waals surface area contributed by atoms with Gasteiger partial charge in [0, 0.05) is 12.7 Å². The molecule has 2 nitrogen and oxygen atoms in total. The summed E-state index contributed by atoms with van der Waals surface area (Å²) < 4.78 is 5.83. The van der Waals surface area contributed by atoms with Crippen LogP contribution in [0.3, 0.4) is 0 Å². The SMILES string of the molecule is C\C=C(C)/C(NC)=C(C)\C=C(/C)OCc1ccc(C)cc1. The molecule has 21 heavy (non-hydrogen) atoms. The zero-order valence-corrected chi connectivity index (χ0v) is 14.1. The highest BCUT2D eigenvalue weighted by molar-refractivity contribution is 5.36. The first-order valence-electron chi connectivity index (χ1n) is 7.36. The van der Waals surface area contributed by atoms with Gasteiger partial charge in [-0.2, -0.15) is 0 Å². The molecule has 2 heteroatoms. The van der Waals surface area contributed by atoms with Crippen LogP contribution in [0.1, 0.15) is 38.8 Å². The number of benzene rings is 1. The number of hydrogen-bond donors (Lipinski definition) is 1. The summed E-state index contributed by atoms with van der Waals surface area (Å²) >= 11 is 0. The number of allylic oxidation sites excluding steroid dienone is 5. The third kappa shape index (κ3) is 5.50. The van der Waals surface area contributed by atoms with E-state index >= 15 is 0 Å². The molecule has 0 radical (unpaired) electrons. The van der Waals surface area contributed by atoms with E-state index in [1.165, 1.54) is 22.3 Å². The summed E-state index contributed by atoms with van der Waals surface area (Å²) in [4.78, 5) is 0. The third-order valence-electron chi connectivity index (χ3n) is 3.48. The molecule has 0 aromatic heterocycles. The molecule has 0 aliphatic rings. The zero-order chi connectivity index (χ0) is 15.8. The predicted molar refractivity (Wildman–Crippen MR) is 90.9 cm³/mol. The van der Waals surface area contributed by atoms with Gasteiger partial charge in [0.15, 0.2) is 0 Å². The fourth-order valence-electron chi connectivity index (χ4n) is 2.15. The first-order chi connectivity index (χ1) is 9.97. The minimum absolute atomic E-state index is 0.605. The number of rotatable bonds is 6. The second-order valence-corrected chi connectivity index (χ2v) is 5.31. The van der Waals surface area contributed by atoms with Gasteiger partial charge in [-0.15, -0.1) is 0 Å². The van der Waals surface area contributed by atoms with E-state index in [-0.39, 0.29) is 0 Å². The van der Waals surface area contributed by atoms with Crippen molar-refractivity contribution in [2.75, 3.05) is 7.05 Å². The van der Waals surface area contributed by atoms with Crippen molar-refractivity contribution in [3.05, 3.63) is 70.1 Å². The Balaban J connectivity index is 2.75. The van der Waals surface area contributed by atoms with Crippen LogP contribution in [0.2, 0.25) is 0 Å². The average molecular weight is 285 g/mol. The predicted octanol–water partition coefficient (Wildman–Crippen LogP) is 4.88. The Morgan fingerprint density at radius 1 is 1.14 bits per heavy atom. The first-order valence-corrected chi connectivity index (χ1v) is 7.36. The van der Waals surface area contributed by atoms with Crippen molar-refractivity contribution >= 4 is 0 Å². The Kier molecular flexibility index (Phi) is 6.80. The van der Waals surface area contributed by atoms with Crippen molar-refractivity contribution in [1.29, 1.82) is 0 Å². The van der Waals surface area contributed by atoms with Crippen molar-refractivity contribution in [3.8, 4) is 0 Å². The van der Waals surface area contributed by atoms with Crippen LogP contribution in [-0.2, 0) is 11.3 Å². The largest absolute Gasteiger partial charge is 0.494 e. The van der Waals surface area contributed by atoms with Gasteiger partial charge in [-0.3, -0.25) is 0 Å². The molecule has 0 unspecified atom stereocenters. The zero-order valence-electron chi connectivity index (χ0n) is 14.1. The molecule has 1 N–H and O–H groups in total. The monoisotopic (exact) mass is 285 g/mol. The van der Waals surface area contributed by atoms with E-state index in [0.29, 0.717) is 6.61 Å². The Bertz CT molecular complexity index is 547. The Labute approximate surface area is 129 Å². The van der Waals surface area contributed by atoms with Crippen molar-refractivity contribution in [2.24, 2.45) is 0 Å². The topological polar surface area (TPSA) is 21.3 Å². The summed E-state index contributed by atoms with van der Waals surface area (Å²) in [6.07, 6.45) is 4.18. The number of ether oxygens (including phenoxy) is 1. The molecular weight excluding hydrogens is 258 g/mol. The van der Waals surface area contributed by atoms with Crippen LogP contribution in [0.25, 0.3) is 0 Å². The van der Waals surface area contributed by atoms with Crippen LogP contribution in [0, 0.1) is 6.92 Å². The van der Waals surface area contributed by atoms with Crippen LogP contribution in [0.4, 0.5) is 0 Å². The molecule has 1 aromatic carbocycles. The van der Waals surface area contributed by atoms with Crippen molar-refractivity contribution in [3.63, 3.8) is 0 Å². The molecule has 0 aliphatic heterocycles. The molecule has 0 saturated heterocycles. The van der Waals surface area contributed by atoms with Crippen molar-refractivity contribution in [2.45, 2.75) is 41.2 Å². The van der Waals surface area contributed by atoms with E-state index < -0.39 is 0 Å². The molecule has 0 bridgehead atoms. The molecule has 0 heterocycles. The van der Waals surface area contributed by atoms with Crippen LogP contribution in [-0.4, -0.2) is 7.05 Å². The molecule has 0 fully saturated rings. The average Bonchev–Trinajstić information content (AvgIpc) is 2.47. The molecule has 114 valence electrons. The van der Waals surface area contributed by atoms with E-state index in [1.807, 2.05) is 20.9 Å². The second-order valence-electron chi connectivity index (χ2n) is 5.31. The maximum Gasteiger partial charge on any atom is 0.113 e. The highest BCUT2D eigenvalue weighted by atomic mass is 16.5.